The number of benzene rings is 2. The fourth-order valence-corrected chi connectivity index (χ4v) is 4.78. The second-order valence-corrected chi connectivity index (χ2v) is 11.0. The van der Waals surface area contributed by atoms with Crippen molar-refractivity contribution in [1.82, 2.24) is 20.0 Å². The van der Waals surface area contributed by atoms with Crippen LogP contribution in [0.15, 0.2) is 73.1 Å². The molecule has 3 amide bonds. The third-order valence-electron chi connectivity index (χ3n) is 7.10. The van der Waals surface area contributed by atoms with E-state index in [2.05, 4.69) is 15.7 Å². The number of anilines is 1. The topological polar surface area (TPSA) is 158 Å². The summed E-state index contributed by atoms with van der Waals surface area (Å²) in [5.41, 5.74) is 6.61. The molecule has 0 bridgehead atoms. The summed E-state index contributed by atoms with van der Waals surface area (Å²) in [6.45, 7) is 3.63. The van der Waals surface area contributed by atoms with Gasteiger partial charge in [0, 0.05) is 12.7 Å². The first-order valence-electron chi connectivity index (χ1n) is 14.1. The van der Waals surface area contributed by atoms with Crippen molar-refractivity contribution >= 4 is 29.4 Å². The van der Waals surface area contributed by atoms with Crippen LogP contribution in [-0.2, 0) is 35.3 Å². The number of ether oxygens (including phenoxy) is 2. The molecular weight excluding hydrogens is 552 g/mol. The molecule has 3 aromatic rings. The lowest BCUT2D eigenvalue weighted by molar-refractivity contribution is -0.151. The molecule has 228 valence electrons. The van der Waals surface area contributed by atoms with Gasteiger partial charge in [0.25, 0.3) is 5.91 Å². The molecule has 1 aliphatic heterocycles. The average molecular weight is 591 g/mol. The van der Waals surface area contributed by atoms with Crippen molar-refractivity contribution in [3.05, 3.63) is 84.2 Å². The van der Waals surface area contributed by atoms with Gasteiger partial charge in [0.1, 0.15) is 12.1 Å². The number of aromatic nitrogens is 2. The molecular formula is C31H38N6O6. The van der Waals surface area contributed by atoms with Crippen molar-refractivity contribution in [2.45, 2.75) is 57.0 Å². The summed E-state index contributed by atoms with van der Waals surface area (Å²) in [5, 5.41) is 9.81. The summed E-state index contributed by atoms with van der Waals surface area (Å²) in [5.74, 6) is -1.84. The molecule has 1 fully saturated rings. The second kappa shape index (κ2) is 14.1. The van der Waals surface area contributed by atoms with Crippen LogP contribution in [0.1, 0.15) is 43.9 Å². The smallest absolute Gasteiger partial charge is 0.328 e. The molecule has 1 aliphatic rings. The Labute approximate surface area is 250 Å². The maximum absolute atomic E-state index is 13.9. The highest BCUT2D eigenvalue weighted by Crippen LogP contribution is 2.27. The van der Waals surface area contributed by atoms with E-state index in [1.807, 2.05) is 48.5 Å². The standard InChI is InChI=1S/C31H38N6O6/c1-31(2,32)30(41)35-24(20-43-19-21-11-6-4-7-12-21)27(38)34-23-17-33-37(18-23)26(22-13-8-5-9-14-22)28(39)36-16-10-15-25(36)29(40)42-3/h4-9,11-14,17-18,24-26H,10,15-16,19-20,32H2,1-3H3,(H,34,38)(H,35,41). The van der Waals surface area contributed by atoms with E-state index < -0.39 is 41.4 Å². The molecule has 3 atom stereocenters. The monoisotopic (exact) mass is 590 g/mol. The number of nitrogens with two attached hydrogens (primary N) is 1. The fraction of sp³-hybridized carbons (Fsp3) is 0.387. The average Bonchev–Trinajstić information content (AvgIpc) is 3.67. The number of methoxy groups -OCH3 is 1. The van der Waals surface area contributed by atoms with E-state index in [0.717, 1.165) is 5.56 Å². The molecule has 1 aromatic heterocycles. The maximum Gasteiger partial charge on any atom is 0.328 e. The van der Waals surface area contributed by atoms with Crippen molar-refractivity contribution in [2.75, 3.05) is 25.6 Å². The van der Waals surface area contributed by atoms with Gasteiger partial charge in [-0.05, 0) is 37.8 Å². The van der Waals surface area contributed by atoms with Crippen LogP contribution >= 0.6 is 0 Å². The molecule has 43 heavy (non-hydrogen) atoms. The Hall–Kier alpha value is -4.55. The van der Waals surface area contributed by atoms with Crippen molar-refractivity contribution in [3.8, 4) is 0 Å². The zero-order chi connectivity index (χ0) is 31.0. The van der Waals surface area contributed by atoms with Crippen molar-refractivity contribution in [1.29, 1.82) is 0 Å². The number of esters is 1. The van der Waals surface area contributed by atoms with Crippen LogP contribution in [0, 0.1) is 0 Å². The summed E-state index contributed by atoms with van der Waals surface area (Å²) >= 11 is 0. The first kappa shape index (κ1) is 31.4. The quantitative estimate of drug-likeness (QED) is 0.270. The van der Waals surface area contributed by atoms with E-state index in [1.165, 1.54) is 42.9 Å². The summed E-state index contributed by atoms with van der Waals surface area (Å²) in [6, 6.07) is 15.9. The lowest BCUT2D eigenvalue weighted by Gasteiger charge is -2.28. The van der Waals surface area contributed by atoms with Crippen LogP contribution in [0.25, 0.3) is 0 Å². The number of hydrogen-bond acceptors (Lipinski definition) is 8. The van der Waals surface area contributed by atoms with Gasteiger partial charge in [-0.2, -0.15) is 5.10 Å². The normalized spacial score (nSPS) is 16.3. The Kier molecular flexibility index (Phi) is 10.3. The first-order valence-corrected chi connectivity index (χ1v) is 14.1. The lowest BCUT2D eigenvalue weighted by Crippen LogP contribution is -2.56. The Bertz CT molecular complexity index is 1400. The van der Waals surface area contributed by atoms with Gasteiger partial charge in [-0.3, -0.25) is 19.1 Å². The van der Waals surface area contributed by atoms with E-state index in [4.69, 9.17) is 15.2 Å². The lowest BCUT2D eigenvalue weighted by atomic mass is 10.1. The molecule has 2 aromatic carbocycles. The highest BCUT2D eigenvalue weighted by Gasteiger charge is 2.39. The number of carbonyl (C=O) groups excluding carboxylic acids is 4. The number of rotatable bonds is 12. The summed E-state index contributed by atoms with van der Waals surface area (Å²) in [6.07, 6.45) is 4.14. The Morgan fingerprint density at radius 3 is 2.40 bits per heavy atom. The predicted molar refractivity (Wildman–Crippen MR) is 158 cm³/mol. The molecule has 0 radical (unpaired) electrons. The predicted octanol–water partition coefficient (Wildman–Crippen LogP) is 2.01. The van der Waals surface area contributed by atoms with Gasteiger partial charge in [-0.15, -0.1) is 0 Å². The molecule has 0 spiro atoms. The minimum absolute atomic E-state index is 0.105. The maximum atomic E-state index is 13.9. The number of likely N-dealkylation sites (tertiary alicyclic amines) is 1. The number of nitrogens with one attached hydrogen (secondary N) is 2. The number of amides is 3. The zero-order valence-electron chi connectivity index (χ0n) is 24.6. The van der Waals surface area contributed by atoms with Crippen LogP contribution in [0.3, 0.4) is 0 Å². The summed E-state index contributed by atoms with van der Waals surface area (Å²) < 4.78 is 12.1. The van der Waals surface area contributed by atoms with Gasteiger partial charge >= 0.3 is 5.97 Å². The minimum atomic E-state index is -1.22. The molecule has 12 heteroatoms. The molecule has 0 saturated carbocycles. The van der Waals surface area contributed by atoms with E-state index in [9.17, 15) is 19.2 Å². The molecule has 1 saturated heterocycles. The molecule has 2 heterocycles. The van der Waals surface area contributed by atoms with Gasteiger partial charge in [-0.25, -0.2) is 4.79 Å². The van der Waals surface area contributed by atoms with Gasteiger partial charge in [-0.1, -0.05) is 60.7 Å². The Morgan fingerprint density at radius 2 is 1.74 bits per heavy atom. The van der Waals surface area contributed by atoms with Gasteiger partial charge in [0.15, 0.2) is 6.04 Å². The number of nitrogens with zero attached hydrogens (tertiary/aromatic N) is 3. The molecule has 4 rings (SSSR count). The second-order valence-electron chi connectivity index (χ2n) is 11.0. The number of carbonyl (C=O) groups is 4. The van der Waals surface area contributed by atoms with E-state index in [0.29, 0.717) is 30.6 Å². The van der Waals surface area contributed by atoms with Gasteiger partial charge in [0.2, 0.25) is 11.8 Å². The van der Waals surface area contributed by atoms with Crippen molar-refractivity contribution < 1.29 is 28.7 Å². The summed E-state index contributed by atoms with van der Waals surface area (Å²) in [4.78, 5) is 53.8. The highest BCUT2D eigenvalue weighted by atomic mass is 16.5. The van der Waals surface area contributed by atoms with Crippen molar-refractivity contribution in [3.63, 3.8) is 0 Å². The van der Waals surface area contributed by atoms with Gasteiger partial charge < -0.3 is 30.7 Å². The first-order chi connectivity index (χ1) is 20.6. The van der Waals surface area contributed by atoms with Crippen LogP contribution in [-0.4, -0.2) is 76.3 Å². The molecule has 0 aliphatic carbocycles. The SMILES string of the molecule is COC(=O)C1CCCN1C(=O)C(c1ccccc1)n1cc(NC(=O)C(COCc2ccccc2)NC(=O)C(C)(C)N)cn1. The van der Waals surface area contributed by atoms with E-state index in [1.54, 1.807) is 12.1 Å². The third kappa shape index (κ3) is 8.05. The minimum Gasteiger partial charge on any atom is -0.467 e. The van der Waals surface area contributed by atoms with Gasteiger partial charge in [0.05, 0.1) is 37.7 Å². The largest absolute Gasteiger partial charge is 0.467 e. The molecule has 4 N–H and O–H groups in total. The van der Waals surface area contributed by atoms with E-state index in [-0.39, 0.29) is 19.1 Å². The van der Waals surface area contributed by atoms with Crippen LogP contribution in [0.4, 0.5) is 5.69 Å². The highest BCUT2D eigenvalue weighted by molar-refractivity contribution is 5.98. The summed E-state index contributed by atoms with van der Waals surface area (Å²) in [7, 11) is 1.30. The zero-order valence-corrected chi connectivity index (χ0v) is 24.6. The van der Waals surface area contributed by atoms with E-state index >= 15 is 0 Å². The van der Waals surface area contributed by atoms with Crippen LogP contribution in [0.2, 0.25) is 0 Å². The Balaban J connectivity index is 1.53. The Morgan fingerprint density at radius 1 is 1.07 bits per heavy atom. The van der Waals surface area contributed by atoms with Crippen LogP contribution in [0.5, 0.6) is 0 Å². The van der Waals surface area contributed by atoms with Crippen molar-refractivity contribution in [2.24, 2.45) is 5.73 Å². The third-order valence-corrected chi connectivity index (χ3v) is 7.10. The van der Waals surface area contributed by atoms with Crippen LogP contribution < -0.4 is 16.4 Å². The number of hydrogen-bond donors (Lipinski definition) is 3. The fourth-order valence-electron chi connectivity index (χ4n) is 4.78. The molecule has 3 unspecified atom stereocenters. The molecule has 12 nitrogen and oxygen atoms in total.